The fourth-order valence-corrected chi connectivity index (χ4v) is 5.90. The lowest BCUT2D eigenvalue weighted by Crippen LogP contribution is -2.38. The monoisotopic (exact) mass is 440 g/mol. The molecule has 166 valence electrons. The number of rotatable bonds is 5. The van der Waals surface area contributed by atoms with Crippen molar-refractivity contribution in [2.24, 2.45) is 23.7 Å². The molecule has 3 aliphatic rings. The topological polar surface area (TPSA) is 79.6 Å². The Morgan fingerprint density at radius 3 is 2.39 bits per heavy atom. The van der Waals surface area contributed by atoms with E-state index in [-0.39, 0.29) is 47.8 Å². The largest absolute Gasteiger partial charge is 0.464 e. The fourth-order valence-electron chi connectivity index (χ4n) is 5.90. The molecule has 0 spiro atoms. The number of carbonyl (C=O) groups excluding carboxylic acids is 3. The summed E-state index contributed by atoms with van der Waals surface area (Å²) in [5, 5.41) is 4.94. The molecule has 2 bridgehead atoms. The van der Waals surface area contributed by atoms with E-state index in [1.165, 1.54) is 4.90 Å². The van der Waals surface area contributed by atoms with Crippen molar-refractivity contribution in [1.82, 2.24) is 4.90 Å². The highest BCUT2D eigenvalue weighted by atomic mass is 16.3. The van der Waals surface area contributed by atoms with Crippen molar-refractivity contribution < 1.29 is 18.8 Å². The minimum absolute atomic E-state index is 0.0597. The zero-order chi connectivity index (χ0) is 22.7. The number of nitrogens with zero attached hydrogens (tertiary/aromatic N) is 1. The van der Waals surface area contributed by atoms with Crippen LogP contribution in [0.2, 0.25) is 0 Å². The molecule has 1 aromatic heterocycles. The van der Waals surface area contributed by atoms with Gasteiger partial charge in [0.2, 0.25) is 17.7 Å². The van der Waals surface area contributed by atoms with Crippen molar-refractivity contribution in [3.63, 3.8) is 0 Å². The van der Waals surface area contributed by atoms with Gasteiger partial charge in [-0.15, -0.1) is 0 Å². The maximum absolute atomic E-state index is 13.4. The van der Waals surface area contributed by atoms with Crippen LogP contribution in [0.15, 0.2) is 71.2 Å². The third kappa shape index (κ3) is 3.12. The van der Waals surface area contributed by atoms with Gasteiger partial charge in [0.1, 0.15) is 17.6 Å². The van der Waals surface area contributed by atoms with E-state index >= 15 is 0 Å². The number of furan rings is 1. The first-order chi connectivity index (χ1) is 16.0. The standard InChI is InChI=1S/C27H24N2O4/c1-15-9-12-22(33-15)21(29-26(31)24-17-10-11-18(13-17)25(24)27(29)32)14-23(30)28-20-8-4-6-16-5-2-3-7-19(16)20/h2-12,17-18,21,24-25H,13-14H2,1H3,(H,28,30). The summed E-state index contributed by atoms with van der Waals surface area (Å²) in [4.78, 5) is 41.3. The zero-order valence-corrected chi connectivity index (χ0v) is 18.2. The summed E-state index contributed by atoms with van der Waals surface area (Å²) in [6, 6.07) is 16.3. The molecule has 33 heavy (non-hydrogen) atoms. The van der Waals surface area contributed by atoms with Crippen LogP contribution in [0.3, 0.4) is 0 Å². The fraction of sp³-hybridized carbons (Fsp3) is 0.296. The van der Waals surface area contributed by atoms with Crippen LogP contribution < -0.4 is 5.32 Å². The smallest absolute Gasteiger partial charge is 0.234 e. The number of likely N-dealkylation sites (tertiary alicyclic amines) is 1. The van der Waals surface area contributed by atoms with E-state index in [1.807, 2.05) is 49.4 Å². The Labute approximate surface area is 191 Å². The third-order valence-corrected chi connectivity index (χ3v) is 7.35. The molecule has 0 radical (unpaired) electrons. The molecule has 1 saturated heterocycles. The lowest BCUT2D eigenvalue weighted by atomic mass is 9.85. The van der Waals surface area contributed by atoms with Crippen LogP contribution in [-0.4, -0.2) is 22.6 Å². The van der Waals surface area contributed by atoms with Crippen LogP contribution in [0.25, 0.3) is 10.8 Å². The summed E-state index contributed by atoms with van der Waals surface area (Å²) >= 11 is 0. The summed E-state index contributed by atoms with van der Waals surface area (Å²) in [5.41, 5.74) is 0.700. The van der Waals surface area contributed by atoms with Gasteiger partial charge >= 0.3 is 0 Å². The van der Waals surface area contributed by atoms with Gasteiger partial charge in [-0.25, -0.2) is 0 Å². The van der Waals surface area contributed by atoms with Gasteiger partial charge in [-0.3, -0.25) is 19.3 Å². The van der Waals surface area contributed by atoms with E-state index in [9.17, 15) is 14.4 Å². The number of carbonyl (C=O) groups is 3. The van der Waals surface area contributed by atoms with E-state index in [1.54, 1.807) is 12.1 Å². The number of allylic oxidation sites excluding steroid dienone is 2. The minimum atomic E-state index is -0.765. The molecule has 3 aromatic rings. The quantitative estimate of drug-likeness (QED) is 0.464. The van der Waals surface area contributed by atoms with Crippen LogP contribution in [0.4, 0.5) is 5.69 Å². The van der Waals surface area contributed by atoms with Crippen molar-refractivity contribution in [3.05, 3.63) is 78.3 Å². The molecule has 2 aromatic carbocycles. The molecule has 5 atom stereocenters. The van der Waals surface area contributed by atoms with Gasteiger partial charge in [0, 0.05) is 11.1 Å². The second-order valence-electron chi connectivity index (χ2n) is 9.29. The van der Waals surface area contributed by atoms with Crippen molar-refractivity contribution in [3.8, 4) is 0 Å². The molecule has 5 unspecified atom stereocenters. The molecule has 3 amide bonds. The summed E-state index contributed by atoms with van der Waals surface area (Å²) in [5.74, 6) is 0.101. The molecular formula is C27H24N2O4. The number of nitrogens with one attached hydrogen (secondary N) is 1. The molecule has 6 heteroatoms. The molecule has 2 heterocycles. The molecule has 2 aliphatic carbocycles. The summed E-state index contributed by atoms with van der Waals surface area (Å²) in [6.45, 7) is 1.81. The highest BCUT2D eigenvalue weighted by molar-refractivity contribution is 6.07. The number of anilines is 1. The average Bonchev–Trinajstić information content (AvgIpc) is 3.58. The van der Waals surface area contributed by atoms with E-state index in [0.717, 1.165) is 17.2 Å². The van der Waals surface area contributed by atoms with Crippen LogP contribution in [-0.2, 0) is 14.4 Å². The minimum Gasteiger partial charge on any atom is -0.464 e. The predicted molar refractivity (Wildman–Crippen MR) is 123 cm³/mol. The average molecular weight is 440 g/mol. The molecule has 1 saturated carbocycles. The van der Waals surface area contributed by atoms with Crippen molar-refractivity contribution in [2.45, 2.75) is 25.8 Å². The molecular weight excluding hydrogens is 416 g/mol. The highest BCUT2D eigenvalue weighted by Gasteiger charge is 2.60. The van der Waals surface area contributed by atoms with Gasteiger partial charge in [0.15, 0.2) is 0 Å². The molecule has 6 rings (SSSR count). The number of aryl methyl sites for hydroxylation is 1. The number of hydrogen-bond acceptors (Lipinski definition) is 4. The van der Waals surface area contributed by atoms with Gasteiger partial charge in [-0.2, -0.15) is 0 Å². The second-order valence-corrected chi connectivity index (χ2v) is 9.29. The van der Waals surface area contributed by atoms with Crippen molar-refractivity contribution in [2.75, 3.05) is 5.32 Å². The maximum Gasteiger partial charge on any atom is 0.234 e. The lowest BCUT2D eigenvalue weighted by molar-refractivity contribution is -0.144. The summed E-state index contributed by atoms with van der Waals surface area (Å²) in [6.07, 6.45) is 4.95. The Kier molecular flexibility index (Phi) is 4.50. The van der Waals surface area contributed by atoms with Crippen LogP contribution in [0, 0.1) is 30.6 Å². The third-order valence-electron chi connectivity index (χ3n) is 7.35. The predicted octanol–water partition coefficient (Wildman–Crippen LogP) is 4.62. The van der Waals surface area contributed by atoms with Crippen LogP contribution >= 0.6 is 0 Å². The number of amides is 3. The van der Waals surface area contributed by atoms with E-state index < -0.39 is 6.04 Å². The van der Waals surface area contributed by atoms with Crippen molar-refractivity contribution in [1.29, 1.82) is 0 Å². The molecule has 6 nitrogen and oxygen atoms in total. The highest BCUT2D eigenvalue weighted by Crippen LogP contribution is 2.54. The first-order valence-electron chi connectivity index (χ1n) is 11.4. The Bertz CT molecular complexity index is 1290. The first-order valence-corrected chi connectivity index (χ1v) is 11.4. The van der Waals surface area contributed by atoms with Gasteiger partial charge in [0.25, 0.3) is 0 Å². The van der Waals surface area contributed by atoms with Gasteiger partial charge in [-0.05, 0) is 48.8 Å². The Morgan fingerprint density at radius 1 is 1.00 bits per heavy atom. The van der Waals surface area contributed by atoms with E-state index in [0.29, 0.717) is 17.2 Å². The Balaban J connectivity index is 1.30. The Morgan fingerprint density at radius 2 is 1.70 bits per heavy atom. The lowest BCUT2D eigenvalue weighted by Gasteiger charge is -2.26. The van der Waals surface area contributed by atoms with Gasteiger partial charge in [-0.1, -0.05) is 48.6 Å². The number of hydrogen-bond donors (Lipinski definition) is 1. The molecule has 1 N–H and O–H groups in total. The number of imide groups is 1. The summed E-state index contributed by atoms with van der Waals surface area (Å²) in [7, 11) is 0. The Hall–Kier alpha value is -3.67. The maximum atomic E-state index is 13.4. The van der Waals surface area contributed by atoms with Gasteiger partial charge in [0.05, 0.1) is 18.3 Å². The second kappa shape index (κ2) is 7.44. The first kappa shape index (κ1) is 20.0. The van der Waals surface area contributed by atoms with Crippen LogP contribution in [0.1, 0.15) is 30.4 Å². The van der Waals surface area contributed by atoms with Gasteiger partial charge < -0.3 is 9.73 Å². The van der Waals surface area contributed by atoms with Crippen molar-refractivity contribution >= 4 is 34.2 Å². The molecule has 1 aliphatic heterocycles. The zero-order valence-electron chi connectivity index (χ0n) is 18.2. The SMILES string of the molecule is Cc1ccc(C(CC(=O)Nc2cccc3ccccc23)N2C(=O)C3C4C=CC(C4)C3C2=O)o1. The normalized spacial score (nSPS) is 26.3. The van der Waals surface area contributed by atoms with E-state index in [4.69, 9.17) is 4.42 Å². The summed E-state index contributed by atoms with van der Waals surface area (Å²) < 4.78 is 5.83. The van der Waals surface area contributed by atoms with Crippen LogP contribution in [0.5, 0.6) is 0 Å². The van der Waals surface area contributed by atoms with E-state index in [2.05, 4.69) is 17.5 Å². The number of benzene rings is 2. The molecule has 2 fully saturated rings. The number of fused-ring (bicyclic) bond motifs is 6.